The summed E-state index contributed by atoms with van der Waals surface area (Å²) >= 11 is 0. The highest BCUT2D eigenvalue weighted by Gasteiger charge is 2.29. The molecule has 0 radical (unpaired) electrons. The Hall–Kier alpha value is -6.06. The molecule has 3 aliphatic heterocycles. The van der Waals surface area contributed by atoms with Crippen LogP contribution in [0.1, 0.15) is 45.2 Å². The molecule has 15 nitrogen and oxygen atoms in total. The van der Waals surface area contributed by atoms with E-state index in [2.05, 4.69) is 71.5 Å². The second kappa shape index (κ2) is 15.8. The third-order valence-electron chi connectivity index (χ3n) is 11.2. The van der Waals surface area contributed by atoms with Gasteiger partial charge < -0.3 is 25.5 Å². The number of hydrogen-bond donors (Lipinski definition) is 4. The van der Waals surface area contributed by atoms with Crippen molar-refractivity contribution in [2.75, 3.05) is 59.7 Å². The smallest absolute Gasteiger partial charge is 0.278 e. The molecule has 0 spiro atoms. The van der Waals surface area contributed by atoms with Gasteiger partial charge in [0.25, 0.3) is 5.56 Å². The molecule has 2 aromatic carbocycles. The number of aromatic nitrogens is 5. The van der Waals surface area contributed by atoms with E-state index in [1.165, 1.54) is 16.6 Å². The van der Waals surface area contributed by atoms with Crippen molar-refractivity contribution in [3.63, 3.8) is 0 Å². The lowest BCUT2D eigenvalue weighted by Gasteiger charge is -2.43. The van der Waals surface area contributed by atoms with Crippen LogP contribution in [0, 0.1) is 0 Å². The van der Waals surface area contributed by atoms with Gasteiger partial charge >= 0.3 is 0 Å². The molecule has 57 heavy (non-hydrogen) atoms. The molecule has 3 fully saturated rings. The number of nitrogens with one attached hydrogen (secondary N) is 3. The molecule has 0 aliphatic carbocycles. The number of aliphatic hydroxyl groups is 1. The van der Waals surface area contributed by atoms with Crippen LogP contribution in [0.2, 0.25) is 0 Å². The molecular weight excluding hydrogens is 723 g/mol. The number of piperidine rings is 2. The summed E-state index contributed by atoms with van der Waals surface area (Å²) in [6.45, 7) is 13.3. The lowest BCUT2D eigenvalue weighted by atomic mass is 10.0. The molecule has 3 saturated heterocycles. The van der Waals surface area contributed by atoms with Crippen molar-refractivity contribution in [2.45, 2.75) is 63.8 Å². The van der Waals surface area contributed by atoms with Crippen LogP contribution in [0.3, 0.4) is 0 Å². The number of hydrogen-bond acceptors (Lipinski definition) is 12. The van der Waals surface area contributed by atoms with E-state index in [-0.39, 0.29) is 30.0 Å². The average molecular weight is 772 g/mol. The number of nitrogens with zero attached hydrogens (tertiary/aromatic N) is 8. The number of amides is 2. The molecule has 296 valence electrons. The minimum absolute atomic E-state index is 0.208. The van der Waals surface area contributed by atoms with Gasteiger partial charge in [0, 0.05) is 80.7 Å². The second-order valence-electron chi connectivity index (χ2n) is 15.5. The van der Waals surface area contributed by atoms with E-state index >= 15 is 0 Å². The summed E-state index contributed by atoms with van der Waals surface area (Å²) in [4.78, 5) is 58.4. The van der Waals surface area contributed by atoms with E-state index in [4.69, 9.17) is 4.98 Å². The summed E-state index contributed by atoms with van der Waals surface area (Å²) in [5.74, 6) is 0.327. The highest BCUT2D eigenvalue weighted by atomic mass is 16.3. The van der Waals surface area contributed by atoms with Crippen molar-refractivity contribution in [1.82, 2.24) is 34.5 Å². The third kappa shape index (κ3) is 8.11. The van der Waals surface area contributed by atoms with Gasteiger partial charge in [-0.05, 0) is 93.8 Å². The molecule has 4 N–H and O–H groups in total. The van der Waals surface area contributed by atoms with Crippen molar-refractivity contribution in [2.24, 2.45) is 0 Å². The van der Waals surface area contributed by atoms with Gasteiger partial charge in [0.2, 0.25) is 17.8 Å². The van der Waals surface area contributed by atoms with Crippen molar-refractivity contribution in [3.05, 3.63) is 102 Å². The van der Waals surface area contributed by atoms with Gasteiger partial charge in [-0.3, -0.25) is 24.6 Å². The Kier molecular flexibility index (Phi) is 10.5. The van der Waals surface area contributed by atoms with Crippen LogP contribution < -0.4 is 31.3 Å². The average Bonchev–Trinajstić information content (AvgIpc) is 3.49. The fourth-order valence-electron chi connectivity index (χ4n) is 8.01. The molecule has 0 saturated carbocycles. The van der Waals surface area contributed by atoms with Gasteiger partial charge in [-0.2, -0.15) is 4.98 Å². The number of piperazine rings is 1. The van der Waals surface area contributed by atoms with Crippen LogP contribution in [0.25, 0.3) is 16.9 Å². The largest absolute Gasteiger partial charge is 0.384 e. The maximum Gasteiger partial charge on any atom is 0.278 e. The third-order valence-corrected chi connectivity index (χ3v) is 11.2. The Morgan fingerprint density at radius 2 is 1.53 bits per heavy atom. The van der Waals surface area contributed by atoms with E-state index in [1.54, 1.807) is 42.8 Å². The Labute approximate surface area is 331 Å². The summed E-state index contributed by atoms with van der Waals surface area (Å²) in [5.41, 5.74) is 3.50. The number of allylic oxidation sites excluding steroid dienone is 1. The van der Waals surface area contributed by atoms with E-state index in [1.807, 2.05) is 24.3 Å². The number of anilines is 5. The van der Waals surface area contributed by atoms with E-state index in [0.29, 0.717) is 47.4 Å². The second-order valence-corrected chi connectivity index (χ2v) is 15.5. The topological polar surface area (TPSA) is 166 Å². The molecule has 3 aromatic heterocycles. The lowest BCUT2D eigenvalue weighted by Crippen LogP contribution is -2.53. The molecule has 3 aliphatic rings. The highest BCUT2D eigenvalue weighted by Crippen LogP contribution is 2.28. The number of rotatable bonds is 11. The molecule has 1 atom stereocenters. The molecule has 5 aromatic rings. The first-order valence-corrected chi connectivity index (χ1v) is 19.6. The molecule has 15 heteroatoms. The summed E-state index contributed by atoms with van der Waals surface area (Å²) in [6, 6.07) is 22.0. The first-order valence-electron chi connectivity index (χ1n) is 19.6. The zero-order valence-electron chi connectivity index (χ0n) is 32.4. The maximum absolute atomic E-state index is 13.4. The quantitative estimate of drug-likeness (QED) is 0.112. The number of imide groups is 1. The van der Waals surface area contributed by atoms with Gasteiger partial charge in [0.1, 0.15) is 17.0 Å². The lowest BCUT2D eigenvalue weighted by molar-refractivity contribution is -0.133. The maximum atomic E-state index is 13.4. The molecular formula is C42H49N11O4. The first-order chi connectivity index (χ1) is 27.5. The van der Waals surface area contributed by atoms with Crippen LogP contribution in [0.4, 0.5) is 28.7 Å². The SMILES string of the molecule is C=CCn1c(=O)c2cnc(Nc3ccc(N4CCN(C5CCN(c6ccc(NC7CCC(=O)NC7=O)cc6)CC5)CC4)cc3)nc2n1-c1cccc(C(C)(C)O)n1. The predicted molar refractivity (Wildman–Crippen MR) is 221 cm³/mol. The van der Waals surface area contributed by atoms with Gasteiger partial charge in [0.05, 0.1) is 12.2 Å². The number of carbonyl (C=O) groups excluding carboxylic acids is 2. The zero-order chi connectivity index (χ0) is 39.7. The number of pyridine rings is 1. The normalized spacial score (nSPS) is 18.5. The van der Waals surface area contributed by atoms with Crippen LogP contribution in [-0.4, -0.2) is 97.5 Å². The fraction of sp³-hybridized carbons (Fsp3) is 0.381. The summed E-state index contributed by atoms with van der Waals surface area (Å²) in [5, 5.41) is 19.9. The van der Waals surface area contributed by atoms with Gasteiger partial charge in [-0.25, -0.2) is 19.3 Å². The standard InChI is InChI=1S/C42H49N11O4/c1-4-20-52-40(56)33-27-43-41(48-38(33)53(52)36-7-5-6-35(46-36)42(2,3)57)45-29-10-14-31(15-11-29)50-23-25-51(26-24-50)32-18-21-49(22-19-32)30-12-8-28(9-13-30)44-34-16-17-37(54)47-39(34)55/h4-15,27,32,34,44,57H,1,16-26H2,2-3H3,(H,43,45,48)(H,47,54,55). The molecule has 2 amide bonds. The van der Waals surface area contributed by atoms with E-state index in [9.17, 15) is 19.5 Å². The molecule has 6 heterocycles. The zero-order valence-corrected chi connectivity index (χ0v) is 32.4. The number of carbonyl (C=O) groups is 2. The Morgan fingerprint density at radius 3 is 2.18 bits per heavy atom. The van der Waals surface area contributed by atoms with Crippen molar-refractivity contribution in [1.29, 1.82) is 0 Å². The summed E-state index contributed by atoms with van der Waals surface area (Å²) < 4.78 is 3.16. The van der Waals surface area contributed by atoms with Gasteiger partial charge in [0.15, 0.2) is 11.5 Å². The van der Waals surface area contributed by atoms with Gasteiger partial charge in [-0.15, -0.1) is 6.58 Å². The van der Waals surface area contributed by atoms with Crippen LogP contribution in [0.15, 0.2) is 90.4 Å². The van der Waals surface area contributed by atoms with Crippen molar-refractivity contribution >= 4 is 51.5 Å². The Bertz CT molecular complexity index is 2320. The minimum atomic E-state index is -1.17. The first kappa shape index (κ1) is 37.8. The molecule has 8 rings (SSSR count). The van der Waals surface area contributed by atoms with E-state index in [0.717, 1.165) is 69.2 Å². The summed E-state index contributed by atoms with van der Waals surface area (Å²) in [6.07, 6.45) is 6.27. The van der Waals surface area contributed by atoms with Crippen LogP contribution >= 0.6 is 0 Å². The van der Waals surface area contributed by atoms with Crippen LogP contribution in [-0.2, 0) is 21.7 Å². The minimum Gasteiger partial charge on any atom is -0.384 e. The van der Waals surface area contributed by atoms with Crippen LogP contribution in [0.5, 0.6) is 0 Å². The summed E-state index contributed by atoms with van der Waals surface area (Å²) in [7, 11) is 0. The van der Waals surface area contributed by atoms with E-state index < -0.39 is 5.60 Å². The number of benzene rings is 2. The van der Waals surface area contributed by atoms with Crippen molar-refractivity contribution < 1.29 is 14.7 Å². The Balaban J connectivity index is 0.856. The molecule has 1 unspecified atom stereocenters. The highest BCUT2D eigenvalue weighted by molar-refractivity contribution is 6.01. The monoisotopic (exact) mass is 771 g/mol. The van der Waals surface area contributed by atoms with Crippen molar-refractivity contribution in [3.8, 4) is 5.82 Å². The Morgan fingerprint density at radius 1 is 0.860 bits per heavy atom. The fourth-order valence-corrected chi connectivity index (χ4v) is 8.01. The number of fused-ring (bicyclic) bond motifs is 1. The molecule has 0 bridgehead atoms. The van der Waals surface area contributed by atoms with Gasteiger partial charge in [-0.1, -0.05) is 12.1 Å². The predicted octanol–water partition coefficient (Wildman–Crippen LogP) is 4.14.